The lowest BCUT2D eigenvalue weighted by atomic mass is 10.0. The number of rotatable bonds is 7. The lowest BCUT2D eigenvalue weighted by Gasteiger charge is -2.11. The van der Waals surface area contributed by atoms with Gasteiger partial charge < -0.3 is 16.8 Å². The Morgan fingerprint density at radius 1 is 1.03 bits per heavy atom. The van der Waals surface area contributed by atoms with Gasteiger partial charge in [-0.15, -0.1) is 11.8 Å². The molecule has 0 aromatic heterocycles. The fraction of sp³-hybridized carbons (Fsp3) is 0.174. The molecule has 0 aliphatic heterocycles. The van der Waals surface area contributed by atoms with Gasteiger partial charge in [-0.3, -0.25) is 4.79 Å². The largest absolute Gasteiger partial charge is 0.397 e. The molecule has 5 N–H and O–H groups in total. The van der Waals surface area contributed by atoms with E-state index in [2.05, 4.69) is 5.32 Å². The van der Waals surface area contributed by atoms with Crippen molar-refractivity contribution in [2.45, 2.75) is 24.3 Å². The zero-order chi connectivity index (χ0) is 20.8. The topological polar surface area (TPSA) is 81.1 Å². The molecule has 150 valence electrons. The van der Waals surface area contributed by atoms with E-state index in [0.29, 0.717) is 16.9 Å². The number of nitrogen functional groups attached to an aromatic ring is 1. The number of anilines is 2. The minimum absolute atomic E-state index is 0.184. The summed E-state index contributed by atoms with van der Waals surface area (Å²) in [7, 11) is 0. The molecule has 0 saturated heterocycles. The number of nitrogens with two attached hydrogens (primary N) is 2. The van der Waals surface area contributed by atoms with Gasteiger partial charge in [0.1, 0.15) is 5.82 Å². The molecule has 6 heteroatoms. The molecule has 1 unspecified atom stereocenters. The highest BCUT2D eigenvalue weighted by Gasteiger charge is 2.10. The van der Waals surface area contributed by atoms with Crippen molar-refractivity contribution in [2.24, 2.45) is 5.73 Å². The van der Waals surface area contributed by atoms with Crippen LogP contribution in [0.25, 0.3) is 11.1 Å². The first-order chi connectivity index (χ1) is 13.9. The molecule has 0 heterocycles. The van der Waals surface area contributed by atoms with Crippen LogP contribution in [0.3, 0.4) is 0 Å². The Labute approximate surface area is 174 Å². The molecule has 3 rings (SSSR count). The summed E-state index contributed by atoms with van der Waals surface area (Å²) in [5, 5.41) is 2.86. The summed E-state index contributed by atoms with van der Waals surface area (Å²) in [5.74, 6) is 0.410. The summed E-state index contributed by atoms with van der Waals surface area (Å²) < 4.78 is 13.2. The predicted molar refractivity (Wildman–Crippen MR) is 120 cm³/mol. The lowest BCUT2D eigenvalue weighted by molar-refractivity contribution is 0.102. The van der Waals surface area contributed by atoms with Crippen LogP contribution in [0.4, 0.5) is 15.8 Å². The number of carbonyl (C=O) groups is 1. The van der Waals surface area contributed by atoms with Gasteiger partial charge in [0.2, 0.25) is 0 Å². The first-order valence-corrected chi connectivity index (χ1v) is 10.4. The van der Waals surface area contributed by atoms with E-state index < -0.39 is 0 Å². The minimum Gasteiger partial charge on any atom is -0.397 e. The molecule has 0 saturated carbocycles. The number of hydrogen-bond acceptors (Lipinski definition) is 4. The molecule has 3 aromatic rings. The number of amides is 1. The molecular formula is C23H24FN3OS. The van der Waals surface area contributed by atoms with Crippen LogP contribution >= 0.6 is 11.8 Å². The Balaban J connectivity index is 1.70. The molecule has 3 aromatic carbocycles. The van der Waals surface area contributed by atoms with Crippen molar-refractivity contribution >= 4 is 29.0 Å². The average molecular weight is 410 g/mol. The zero-order valence-electron chi connectivity index (χ0n) is 16.2. The summed E-state index contributed by atoms with van der Waals surface area (Å²) >= 11 is 1.72. The molecule has 1 atom stereocenters. The van der Waals surface area contributed by atoms with Crippen molar-refractivity contribution < 1.29 is 9.18 Å². The molecular weight excluding hydrogens is 385 g/mol. The highest BCUT2D eigenvalue weighted by atomic mass is 32.2. The van der Waals surface area contributed by atoms with Gasteiger partial charge in [0.25, 0.3) is 5.91 Å². The van der Waals surface area contributed by atoms with Crippen molar-refractivity contribution in [1.82, 2.24) is 0 Å². The highest BCUT2D eigenvalue weighted by Crippen LogP contribution is 2.28. The van der Waals surface area contributed by atoms with Crippen LogP contribution in [0.15, 0.2) is 71.6 Å². The Kier molecular flexibility index (Phi) is 6.90. The van der Waals surface area contributed by atoms with Gasteiger partial charge in [-0.2, -0.15) is 0 Å². The molecule has 4 nitrogen and oxygen atoms in total. The van der Waals surface area contributed by atoms with Gasteiger partial charge in [0, 0.05) is 16.5 Å². The van der Waals surface area contributed by atoms with Crippen molar-refractivity contribution in [3.8, 4) is 11.1 Å². The van der Waals surface area contributed by atoms with E-state index in [1.54, 1.807) is 48.2 Å². The second-order valence-corrected chi connectivity index (χ2v) is 8.07. The van der Waals surface area contributed by atoms with Gasteiger partial charge in [-0.05, 0) is 78.8 Å². The molecule has 0 spiro atoms. The summed E-state index contributed by atoms with van der Waals surface area (Å²) in [4.78, 5) is 13.7. The molecule has 0 fully saturated rings. The van der Waals surface area contributed by atoms with Gasteiger partial charge in [-0.25, -0.2) is 4.39 Å². The molecule has 0 aliphatic rings. The van der Waals surface area contributed by atoms with Crippen LogP contribution in [0.5, 0.6) is 0 Å². The quantitative estimate of drug-likeness (QED) is 0.372. The van der Waals surface area contributed by atoms with Crippen LogP contribution < -0.4 is 16.8 Å². The third-order valence-corrected chi connectivity index (χ3v) is 5.48. The van der Waals surface area contributed by atoms with Gasteiger partial charge in [0.05, 0.1) is 11.4 Å². The van der Waals surface area contributed by atoms with E-state index >= 15 is 0 Å². The van der Waals surface area contributed by atoms with Crippen molar-refractivity contribution in [3.05, 3.63) is 78.1 Å². The standard InChI is InChI=1S/C23H24FN3OS/c1-15(25)12-13-29-20-9-4-17(5-10-20)23(28)27-22-14-18(6-11-21(22)26)16-2-7-19(24)8-3-16/h2-11,14-15H,12-13,25-26H2,1H3,(H,27,28). The maximum Gasteiger partial charge on any atom is 0.255 e. The molecule has 0 bridgehead atoms. The molecule has 0 aliphatic carbocycles. The average Bonchev–Trinajstić information content (AvgIpc) is 2.70. The van der Waals surface area contributed by atoms with Crippen LogP contribution in [0.2, 0.25) is 0 Å². The number of halogens is 1. The number of benzene rings is 3. The second kappa shape index (κ2) is 9.58. The van der Waals surface area contributed by atoms with Gasteiger partial charge in [-0.1, -0.05) is 18.2 Å². The summed E-state index contributed by atoms with van der Waals surface area (Å²) in [6.45, 7) is 1.99. The Morgan fingerprint density at radius 2 is 1.69 bits per heavy atom. The Morgan fingerprint density at radius 3 is 2.34 bits per heavy atom. The molecule has 1 amide bonds. The zero-order valence-corrected chi connectivity index (χ0v) is 17.0. The van der Waals surface area contributed by atoms with Crippen LogP contribution in [0.1, 0.15) is 23.7 Å². The number of nitrogens with one attached hydrogen (secondary N) is 1. The maximum absolute atomic E-state index is 13.2. The van der Waals surface area contributed by atoms with E-state index in [1.807, 2.05) is 25.1 Å². The lowest BCUT2D eigenvalue weighted by Crippen LogP contribution is -2.15. The minimum atomic E-state index is -0.295. The number of hydrogen-bond donors (Lipinski definition) is 3. The second-order valence-electron chi connectivity index (χ2n) is 6.90. The third-order valence-electron chi connectivity index (χ3n) is 4.44. The third kappa shape index (κ3) is 5.82. The number of thioether (sulfide) groups is 1. The monoisotopic (exact) mass is 409 g/mol. The summed E-state index contributed by atoms with van der Waals surface area (Å²) in [6, 6.07) is 19.2. The van der Waals surface area contributed by atoms with Crippen molar-refractivity contribution in [1.29, 1.82) is 0 Å². The summed E-state index contributed by atoms with van der Waals surface area (Å²) in [6.07, 6.45) is 0.941. The first-order valence-electron chi connectivity index (χ1n) is 9.37. The Bertz CT molecular complexity index is 972. The fourth-order valence-corrected chi connectivity index (χ4v) is 3.80. The number of carbonyl (C=O) groups excluding carboxylic acids is 1. The van der Waals surface area contributed by atoms with Crippen LogP contribution in [-0.2, 0) is 0 Å². The van der Waals surface area contributed by atoms with Crippen LogP contribution in [0, 0.1) is 5.82 Å². The highest BCUT2D eigenvalue weighted by molar-refractivity contribution is 7.99. The normalized spacial score (nSPS) is 11.8. The van der Waals surface area contributed by atoms with Crippen molar-refractivity contribution in [2.75, 3.05) is 16.8 Å². The predicted octanol–water partition coefficient (Wildman–Crippen LogP) is 5.16. The SMILES string of the molecule is CC(N)CCSc1ccc(C(=O)Nc2cc(-c3ccc(F)cc3)ccc2N)cc1. The van der Waals surface area contributed by atoms with Gasteiger partial charge >= 0.3 is 0 Å². The van der Waals surface area contributed by atoms with E-state index in [9.17, 15) is 9.18 Å². The first kappa shape index (κ1) is 20.9. The van der Waals surface area contributed by atoms with Gasteiger partial charge in [0.15, 0.2) is 0 Å². The summed E-state index contributed by atoms with van der Waals surface area (Å²) in [5.41, 5.74) is 15.0. The Hall–Kier alpha value is -2.83. The molecule has 29 heavy (non-hydrogen) atoms. The smallest absolute Gasteiger partial charge is 0.255 e. The van der Waals surface area contributed by atoms with E-state index in [0.717, 1.165) is 28.2 Å². The van der Waals surface area contributed by atoms with Crippen LogP contribution in [-0.4, -0.2) is 17.7 Å². The maximum atomic E-state index is 13.2. The fourth-order valence-electron chi connectivity index (χ4n) is 2.75. The van der Waals surface area contributed by atoms with E-state index in [-0.39, 0.29) is 17.8 Å². The van der Waals surface area contributed by atoms with Crippen molar-refractivity contribution in [3.63, 3.8) is 0 Å². The van der Waals surface area contributed by atoms with E-state index in [1.165, 1.54) is 12.1 Å². The van der Waals surface area contributed by atoms with E-state index in [4.69, 9.17) is 11.5 Å². The molecule has 0 radical (unpaired) electrons.